The van der Waals surface area contributed by atoms with Gasteiger partial charge in [0.25, 0.3) is 0 Å². The number of piperidine rings is 2. The van der Waals surface area contributed by atoms with Gasteiger partial charge in [-0.1, -0.05) is 0 Å². The highest BCUT2D eigenvalue weighted by Gasteiger charge is 2.28. The van der Waals surface area contributed by atoms with Gasteiger partial charge in [0.1, 0.15) is 5.60 Å². The molecule has 2 heterocycles. The van der Waals surface area contributed by atoms with E-state index >= 15 is 0 Å². The second-order valence-corrected chi connectivity index (χ2v) is 7.62. The summed E-state index contributed by atoms with van der Waals surface area (Å²) >= 11 is 0. The zero-order chi connectivity index (χ0) is 16.2. The molecule has 2 aliphatic heterocycles. The minimum Gasteiger partial charge on any atom is -0.444 e. The molecule has 0 bridgehead atoms. The molecule has 1 atom stereocenters. The Hall–Kier alpha value is -1.26. The summed E-state index contributed by atoms with van der Waals surface area (Å²) in [5, 5.41) is 2.96. The van der Waals surface area contributed by atoms with E-state index in [2.05, 4.69) is 5.32 Å². The molecule has 2 rings (SSSR count). The second-order valence-electron chi connectivity index (χ2n) is 7.62. The lowest BCUT2D eigenvalue weighted by molar-refractivity contribution is -0.126. The molecule has 0 aromatic heterocycles. The Balaban J connectivity index is 1.68. The van der Waals surface area contributed by atoms with Crippen molar-refractivity contribution in [2.75, 3.05) is 19.6 Å². The molecule has 5 heteroatoms. The van der Waals surface area contributed by atoms with E-state index < -0.39 is 5.60 Å². The van der Waals surface area contributed by atoms with E-state index in [1.807, 2.05) is 25.7 Å². The SMILES string of the molecule is CC(C)(C)OC(=O)N1CCC(CCC2CCCNC2=O)CC1. The zero-order valence-corrected chi connectivity index (χ0v) is 14.2. The topological polar surface area (TPSA) is 58.6 Å². The Bertz CT molecular complexity index is 395. The van der Waals surface area contributed by atoms with Crippen LogP contribution in [0.4, 0.5) is 4.79 Å². The summed E-state index contributed by atoms with van der Waals surface area (Å²) < 4.78 is 5.42. The predicted molar refractivity (Wildman–Crippen MR) is 85.5 cm³/mol. The van der Waals surface area contributed by atoms with Gasteiger partial charge < -0.3 is 15.0 Å². The van der Waals surface area contributed by atoms with Crippen molar-refractivity contribution in [1.29, 1.82) is 0 Å². The maximum Gasteiger partial charge on any atom is 0.410 e. The van der Waals surface area contributed by atoms with Gasteiger partial charge in [-0.25, -0.2) is 4.79 Å². The first-order chi connectivity index (χ1) is 10.3. The molecule has 2 saturated heterocycles. The number of hydrogen-bond acceptors (Lipinski definition) is 3. The van der Waals surface area contributed by atoms with Gasteiger partial charge in [-0.3, -0.25) is 4.79 Å². The molecular formula is C17H30N2O3. The van der Waals surface area contributed by atoms with Crippen LogP contribution in [0.2, 0.25) is 0 Å². The van der Waals surface area contributed by atoms with Crippen LogP contribution in [0.25, 0.3) is 0 Å². The van der Waals surface area contributed by atoms with Crippen molar-refractivity contribution >= 4 is 12.0 Å². The van der Waals surface area contributed by atoms with Crippen LogP contribution < -0.4 is 5.32 Å². The third-order valence-corrected chi connectivity index (χ3v) is 4.59. The normalized spacial score (nSPS) is 24.0. The average Bonchev–Trinajstić information content (AvgIpc) is 2.45. The highest BCUT2D eigenvalue weighted by molar-refractivity contribution is 5.79. The number of hydrogen-bond donors (Lipinski definition) is 1. The lowest BCUT2D eigenvalue weighted by Gasteiger charge is -2.34. The molecule has 5 nitrogen and oxygen atoms in total. The summed E-state index contributed by atoms with van der Waals surface area (Å²) in [5.74, 6) is 1.07. The molecule has 2 aliphatic rings. The molecule has 0 aliphatic carbocycles. The van der Waals surface area contributed by atoms with E-state index in [1.165, 1.54) is 0 Å². The fourth-order valence-electron chi connectivity index (χ4n) is 3.28. The highest BCUT2D eigenvalue weighted by Crippen LogP contribution is 2.27. The number of carbonyl (C=O) groups excluding carboxylic acids is 2. The molecule has 1 unspecified atom stereocenters. The van der Waals surface area contributed by atoms with Gasteiger partial charge in [0, 0.05) is 25.6 Å². The molecule has 0 aromatic carbocycles. The van der Waals surface area contributed by atoms with Gasteiger partial charge in [0.15, 0.2) is 0 Å². The number of ether oxygens (including phenoxy) is 1. The maximum absolute atomic E-state index is 12.0. The predicted octanol–water partition coefficient (Wildman–Crippen LogP) is 2.94. The van der Waals surface area contributed by atoms with Crippen LogP contribution in [0, 0.1) is 11.8 Å². The smallest absolute Gasteiger partial charge is 0.410 e. The molecule has 1 N–H and O–H groups in total. The third-order valence-electron chi connectivity index (χ3n) is 4.59. The van der Waals surface area contributed by atoms with Crippen molar-refractivity contribution in [2.24, 2.45) is 11.8 Å². The Morgan fingerprint density at radius 1 is 1.23 bits per heavy atom. The summed E-state index contributed by atoms with van der Waals surface area (Å²) in [4.78, 5) is 25.6. The van der Waals surface area contributed by atoms with E-state index in [0.717, 1.165) is 58.2 Å². The van der Waals surface area contributed by atoms with Crippen LogP contribution in [0.15, 0.2) is 0 Å². The Morgan fingerprint density at radius 3 is 2.50 bits per heavy atom. The second kappa shape index (κ2) is 7.34. The fourth-order valence-corrected chi connectivity index (χ4v) is 3.28. The standard InChI is InChI=1S/C17H30N2O3/c1-17(2,3)22-16(21)19-11-8-13(9-12-19)6-7-14-5-4-10-18-15(14)20/h13-14H,4-12H2,1-3H3,(H,18,20). The van der Waals surface area contributed by atoms with E-state index in [1.54, 1.807) is 0 Å². The van der Waals surface area contributed by atoms with Crippen LogP contribution in [0.5, 0.6) is 0 Å². The van der Waals surface area contributed by atoms with E-state index in [0.29, 0.717) is 5.92 Å². The van der Waals surface area contributed by atoms with Crippen molar-refractivity contribution < 1.29 is 14.3 Å². The Kier molecular flexibility index (Phi) is 5.70. The summed E-state index contributed by atoms with van der Waals surface area (Å²) in [6.07, 6.45) is 6.07. The molecule has 2 fully saturated rings. The quantitative estimate of drug-likeness (QED) is 0.872. The largest absolute Gasteiger partial charge is 0.444 e. The third kappa shape index (κ3) is 5.18. The molecule has 0 saturated carbocycles. The van der Waals surface area contributed by atoms with Gasteiger partial charge >= 0.3 is 6.09 Å². The lowest BCUT2D eigenvalue weighted by atomic mass is 9.86. The number of carbonyl (C=O) groups is 2. The van der Waals surface area contributed by atoms with Crippen LogP contribution >= 0.6 is 0 Å². The summed E-state index contributed by atoms with van der Waals surface area (Å²) in [6, 6.07) is 0. The van der Waals surface area contributed by atoms with Crippen LogP contribution in [0.3, 0.4) is 0 Å². The first-order valence-corrected chi connectivity index (χ1v) is 8.61. The first kappa shape index (κ1) is 17.1. The van der Waals surface area contributed by atoms with Crippen molar-refractivity contribution in [2.45, 2.75) is 64.9 Å². The van der Waals surface area contributed by atoms with E-state index in [9.17, 15) is 9.59 Å². The van der Waals surface area contributed by atoms with Gasteiger partial charge in [-0.05, 0) is 65.2 Å². The monoisotopic (exact) mass is 310 g/mol. The van der Waals surface area contributed by atoms with Gasteiger partial charge in [-0.2, -0.15) is 0 Å². The van der Waals surface area contributed by atoms with Crippen LogP contribution in [-0.4, -0.2) is 42.1 Å². The zero-order valence-electron chi connectivity index (χ0n) is 14.2. The number of nitrogens with zero attached hydrogens (tertiary/aromatic N) is 1. The number of nitrogens with one attached hydrogen (secondary N) is 1. The van der Waals surface area contributed by atoms with Crippen molar-refractivity contribution in [3.63, 3.8) is 0 Å². The van der Waals surface area contributed by atoms with Crippen molar-refractivity contribution in [3.8, 4) is 0 Å². The fraction of sp³-hybridized carbons (Fsp3) is 0.882. The van der Waals surface area contributed by atoms with E-state index in [4.69, 9.17) is 4.74 Å². The first-order valence-electron chi connectivity index (χ1n) is 8.61. The molecular weight excluding hydrogens is 280 g/mol. The van der Waals surface area contributed by atoms with Crippen molar-refractivity contribution in [1.82, 2.24) is 10.2 Å². The maximum atomic E-state index is 12.0. The van der Waals surface area contributed by atoms with Gasteiger partial charge in [0.05, 0.1) is 0 Å². The summed E-state index contributed by atoms with van der Waals surface area (Å²) in [5.41, 5.74) is -0.428. The minimum atomic E-state index is -0.428. The molecule has 2 amide bonds. The highest BCUT2D eigenvalue weighted by atomic mass is 16.6. The molecule has 22 heavy (non-hydrogen) atoms. The molecule has 0 spiro atoms. The summed E-state index contributed by atoms with van der Waals surface area (Å²) in [6.45, 7) is 8.07. The number of amides is 2. The van der Waals surface area contributed by atoms with Crippen LogP contribution in [-0.2, 0) is 9.53 Å². The Morgan fingerprint density at radius 2 is 1.91 bits per heavy atom. The minimum absolute atomic E-state index is 0.197. The average molecular weight is 310 g/mol. The van der Waals surface area contributed by atoms with E-state index in [-0.39, 0.29) is 17.9 Å². The lowest BCUT2D eigenvalue weighted by Crippen LogP contribution is -2.42. The molecule has 0 aromatic rings. The summed E-state index contributed by atoms with van der Waals surface area (Å²) in [7, 11) is 0. The molecule has 0 radical (unpaired) electrons. The van der Waals surface area contributed by atoms with Crippen molar-refractivity contribution in [3.05, 3.63) is 0 Å². The molecule has 126 valence electrons. The Labute approximate surface area is 133 Å². The van der Waals surface area contributed by atoms with Gasteiger partial charge in [0.2, 0.25) is 5.91 Å². The number of rotatable bonds is 3. The van der Waals surface area contributed by atoms with Crippen LogP contribution in [0.1, 0.15) is 59.3 Å². The number of likely N-dealkylation sites (tertiary alicyclic amines) is 1. The van der Waals surface area contributed by atoms with Gasteiger partial charge in [-0.15, -0.1) is 0 Å².